The van der Waals surface area contributed by atoms with Crippen molar-refractivity contribution in [3.8, 4) is 0 Å². The van der Waals surface area contributed by atoms with E-state index in [9.17, 15) is 19.7 Å². The minimum absolute atomic E-state index is 0.0393. The van der Waals surface area contributed by atoms with Crippen molar-refractivity contribution in [1.29, 1.82) is 0 Å². The number of hydrogen-bond donors (Lipinski definition) is 3. The van der Waals surface area contributed by atoms with Gasteiger partial charge in [0.1, 0.15) is 6.04 Å². The Kier molecular flexibility index (Phi) is 5.66. The van der Waals surface area contributed by atoms with Gasteiger partial charge in [-0.25, -0.2) is 0 Å². The largest absolute Gasteiger partial charge is 0.383 e. The van der Waals surface area contributed by atoms with Gasteiger partial charge < -0.3 is 16.0 Å². The van der Waals surface area contributed by atoms with Gasteiger partial charge in [-0.3, -0.25) is 19.7 Å². The normalized spacial score (nSPS) is 29.8. The first-order chi connectivity index (χ1) is 14.3. The summed E-state index contributed by atoms with van der Waals surface area (Å²) < 4.78 is 0. The summed E-state index contributed by atoms with van der Waals surface area (Å²) in [4.78, 5) is 35.7. The zero-order chi connectivity index (χ0) is 21.3. The van der Waals surface area contributed by atoms with Crippen molar-refractivity contribution in [1.82, 2.24) is 10.6 Å². The maximum absolute atomic E-state index is 13.1. The molecule has 0 saturated heterocycles. The van der Waals surface area contributed by atoms with Gasteiger partial charge in [-0.15, -0.1) is 0 Å². The Balaban J connectivity index is 1.20. The monoisotopic (exact) mass is 414 g/mol. The molecule has 1 atom stereocenters. The number of nitrogens with one attached hydrogen (secondary N) is 3. The SMILES string of the molecule is C[C@H](NC(=O)C12CC3CC(CC(C3)C1)C2)C(=O)NCCNc1ccc([N+](=O)[O-])cc1. The fourth-order valence-corrected chi connectivity index (χ4v) is 6.05. The van der Waals surface area contributed by atoms with Gasteiger partial charge in [-0.05, 0) is 75.3 Å². The molecule has 0 radical (unpaired) electrons. The third-order valence-electron chi connectivity index (χ3n) is 7.09. The number of benzene rings is 1. The van der Waals surface area contributed by atoms with Crippen LogP contribution in [0.5, 0.6) is 0 Å². The first-order valence-electron chi connectivity index (χ1n) is 10.9. The smallest absolute Gasteiger partial charge is 0.269 e. The summed E-state index contributed by atoms with van der Waals surface area (Å²) in [5, 5.41) is 19.6. The van der Waals surface area contributed by atoms with Crippen molar-refractivity contribution in [2.24, 2.45) is 23.2 Å². The lowest BCUT2D eigenvalue weighted by Crippen LogP contribution is -2.56. The average Bonchev–Trinajstić information content (AvgIpc) is 2.70. The standard InChI is InChI=1S/C22H30N4O4/c1-14(20(27)24-7-6-23-18-2-4-19(5-3-18)26(29)30)25-21(28)22-11-15-8-16(12-22)10-17(9-15)13-22/h2-5,14-17,23H,6-13H2,1H3,(H,24,27)(H,25,28)/t14-,15?,16?,17?,22?/m0/s1. The predicted molar refractivity (Wildman–Crippen MR) is 113 cm³/mol. The van der Waals surface area contributed by atoms with E-state index in [0.29, 0.717) is 30.8 Å². The Labute approximate surface area is 176 Å². The van der Waals surface area contributed by atoms with Gasteiger partial charge in [0.2, 0.25) is 11.8 Å². The average molecular weight is 415 g/mol. The summed E-state index contributed by atoms with van der Waals surface area (Å²) in [5.74, 6) is 1.94. The Hall–Kier alpha value is -2.64. The number of carbonyl (C=O) groups excluding carboxylic acids is 2. The maximum atomic E-state index is 13.1. The highest BCUT2D eigenvalue weighted by molar-refractivity contribution is 5.90. The van der Waals surface area contributed by atoms with Crippen LogP contribution in [0.4, 0.5) is 11.4 Å². The van der Waals surface area contributed by atoms with Crippen LogP contribution in [-0.4, -0.2) is 35.9 Å². The number of rotatable bonds is 8. The van der Waals surface area contributed by atoms with Crippen LogP contribution in [0.1, 0.15) is 45.4 Å². The van der Waals surface area contributed by atoms with Crippen molar-refractivity contribution in [3.05, 3.63) is 34.4 Å². The van der Waals surface area contributed by atoms with Crippen LogP contribution in [-0.2, 0) is 9.59 Å². The van der Waals surface area contributed by atoms with E-state index in [-0.39, 0.29) is 22.9 Å². The molecule has 4 aliphatic rings. The Bertz CT molecular complexity index is 788. The summed E-state index contributed by atoms with van der Waals surface area (Å²) in [6.07, 6.45) is 6.80. The molecule has 4 fully saturated rings. The molecule has 0 unspecified atom stereocenters. The van der Waals surface area contributed by atoms with Crippen LogP contribution >= 0.6 is 0 Å². The Morgan fingerprint density at radius 1 is 1.07 bits per heavy atom. The maximum Gasteiger partial charge on any atom is 0.269 e. The molecule has 5 rings (SSSR count). The lowest BCUT2D eigenvalue weighted by Gasteiger charge is -2.55. The molecule has 4 bridgehead atoms. The predicted octanol–water partition coefficient (Wildman–Crippen LogP) is 2.84. The number of nitro groups is 1. The van der Waals surface area contributed by atoms with E-state index in [1.807, 2.05) is 0 Å². The highest BCUT2D eigenvalue weighted by atomic mass is 16.6. The van der Waals surface area contributed by atoms with Gasteiger partial charge in [0.25, 0.3) is 5.69 Å². The van der Waals surface area contributed by atoms with Crippen LogP contribution in [0.25, 0.3) is 0 Å². The lowest BCUT2D eigenvalue weighted by molar-refractivity contribution is -0.384. The number of nitrogens with zero attached hydrogens (tertiary/aromatic N) is 1. The van der Waals surface area contributed by atoms with Crippen LogP contribution in [0.2, 0.25) is 0 Å². The van der Waals surface area contributed by atoms with E-state index in [2.05, 4.69) is 16.0 Å². The molecule has 8 nitrogen and oxygen atoms in total. The Morgan fingerprint density at radius 2 is 1.63 bits per heavy atom. The lowest BCUT2D eigenvalue weighted by atomic mass is 9.49. The second-order valence-electron chi connectivity index (χ2n) is 9.41. The van der Waals surface area contributed by atoms with Gasteiger partial charge in [-0.2, -0.15) is 0 Å². The number of nitro benzene ring substituents is 1. The third kappa shape index (κ3) is 4.27. The topological polar surface area (TPSA) is 113 Å². The van der Waals surface area contributed by atoms with Crippen molar-refractivity contribution in [2.45, 2.75) is 51.5 Å². The molecule has 3 N–H and O–H groups in total. The number of non-ortho nitro benzene ring substituents is 1. The van der Waals surface area contributed by atoms with Crippen LogP contribution in [0.3, 0.4) is 0 Å². The molecule has 0 heterocycles. The summed E-state index contributed by atoms with van der Waals surface area (Å²) in [6.45, 7) is 2.62. The molecular weight excluding hydrogens is 384 g/mol. The summed E-state index contributed by atoms with van der Waals surface area (Å²) >= 11 is 0. The molecule has 0 aliphatic heterocycles. The minimum Gasteiger partial charge on any atom is -0.383 e. The molecule has 1 aromatic rings. The molecule has 0 aromatic heterocycles. The van der Waals surface area contributed by atoms with E-state index in [4.69, 9.17) is 0 Å². The van der Waals surface area contributed by atoms with Crippen LogP contribution in [0, 0.1) is 33.3 Å². The van der Waals surface area contributed by atoms with E-state index in [1.165, 1.54) is 31.4 Å². The van der Waals surface area contributed by atoms with E-state index in [1.54, 1.807) is 19.1 Å². The van der Waals surface area contributed by atoms with Gasteiger partial charge in [0.05, 0.1) is 4.92 Å². The fraction of sp³-hybridized carbons (Fsp3) is 0.636. The quantitative estimate of drug-likeness (QED) is 0.344. The van der Waals surface area contributed by atoms with Gasteiger partial charge in [0.15, 0.2) is 0 Å². The summed E-state index contributed by atoms with van der Waals surface area (Å²) in [6, 6.07) is 5.57. The number of anilines is 1. The third-order valence-corrected chi connectivity index (χ3v) is 7.09. The molecule has 1 aromatic carbocycles. The highest BCUT2D eigenvalue weighted by Crippen LogP contribution is 2.60. The molecule has 0 spiro atoms. The zero-order valence-electron chi connectivity index (χ0n) is 17.4. The van der Waals surface area contributed by atoms with Crippen molar-refractivity contribution in [2.75, 3.05) is 18.4 Å². The number of amides is 2. The van der Waals surface area contributed by atoms with Crippen molar-refractivity contribution in [3.63, 3.8) is 0 Å². The van der Waals surface area contributed by atoms with Crippen LogP contribution in [0.15, 0.2) is 24.3 Å². The zero-order valence-corrected chi connectivity index (χ0v) is 17.4. The van der Waals surface area contributed by atoms with Gasteiger partial charge in [0, 0.05) is 36.3 Å². The molecule has 162 valence electrons. The second-order valence-corrected chi connectivity index (χ2v) is 9.41. The van der Waals surface area contributed by atoms with Crippen LogP contribution < -0.4 is 16.0 Å². The second kappa shape index (κ2) is 8.24. The molecular formula is C22H30N4O4. The molecule has 2 amide bonds. The van der Waals surface area contributed by atoms with Crippen molar-refractivity contribution < 1.29 is 14.5 Å². The fourth-order valence-electron chi connectivity index (χ4n) is 6.05. The van der Waals surface area contributed by atoms with E-state index >= 15 is 0 Å². The highest BCUT2D eigenvalue weighted by Gasteiger charge is 2.54. The first kappa shape index (κ1) is 20.6. The number of carbonyl (C=O) groups is 2. The number of hydrogen-bond acceptors (Lipinski definition) is 5. The summed E-state index contributed by atoms with van der Waals surface area (Å²) in [7, 11) is 0. The Morgan fingerprint density at radius 3 is 2.17 bits per heavy atom. The van der Waals surface area contributed by atoms with E-state index in [0.717, 1.165) is 24.9 Å². The molecule has 30 heavy (non-hydrogen) atoms. The van der Waals surface area contributed by atoms with Crippen molar-refractivity contribution >= 4 is 23.2 Å². The molecule has 4 aliphatic carbocycles. The van der Waals surface area contributed by atoms with E-state index < -0.39 is 11.0 Å². The van der Waals surface area contributed by atoms with Gasteiger partial charge in [-0.1, -0.05) is 0 Å². The minimum atomic E-state index is -0.565. The first-order valence-corrected chi connectivity index (χ1v) is 10.9. The molecule has 8 heteroatoms. The van der Waals surface area contributed by atoms with Gasteiger partial charge >= 0.3 is 0 Å². The molecule has 4 saturated carbocycles. The summed E-state index contributed by atoms with van der Waals surface area (Å²) in [5.41, 5.74) is 0.538.